The van der Waals surface area contributed by atoms with Gasteiger partial charge in [0.2, 0.25) is 5.96 Å². The van der Waals surface area contributed by atoms with Crippen molar-refractivity contribution in [2.24, 2.45) is 0 Å². The summed E-state index contributed by atoms with van der Waals surface area (Å²) >= 11 is 0. The summed E-state index contributed by atoms with van der Waals surface area (Å²) in [6, 6.07) is 9.05. The van der Waals surface area contributed by atoms with Crippen molar-refractivity contribution in [3.8, 4) is 11.5 Å². The van der Waals surface area contributed by atoms with Crippen LogP contribution in [-0.4, -0.2) is 83.3 Å². The predicted octanol–water partition coefficient (Wildman–Crippen LogP) is 5.53. The van der Waals surface area contributed by atoms with Crippen LogP contribution in [0.15, 0.2) is 36.4 Å². The van der Waals surface area contributed by atoms with E-state index in [-0.39, 0.29) is 42.9 Å². The normalized spacial score (nSPS) is 13.7. The third-order valence-corrected chi connectivity index (χ3v) is 6.88. The van der Waals surface area contributed by atoms with E-state index in [0.717, 1.165) is 5.56 Å². The number of carbonyl (C=O) groups excluding carboxylic acids is 3. The Balaban J connectivity index is 1.73. The maximum Gasteiger partial charge on any atom is 0.427 e. The zero-order valence-corrected chi connectivity index (χ0v) is 28.1. The van der Waals surface area contributed by atoms with Gasteiger partial charge in [0.1, 0.15) is 11.2 Å². The maximum absolute atomic E-state index is 13.3. The minimum atomic E-state index is -1.02. The number of hydrogen-bond acceptors (Lipinski definition) is 11. The van der Waals surface area contributed by atoms with Gasteiger partial charge in [-0.25, -0.2) is 9.59 Å². The third-order valence-electron chi connectivity index (χ3n) is 6.88. The van der Waals surface area contributed by atoms with E-state index in [2.05, 4.69) is 10.6 Å². The number of likely N-dealkylation sites (tertiary alicyclic amines) is 1. The van der Waals surface area contributed by atoms with E-state index in [1.165, 1.54) is 32.4 Å². The van der Waals surface area contributed by atoms with Gasteiger partial charge in [-0.1, -0.05) is 6.07 Å². The van der Waals surface area contributed by atoms with Gasteiger partial charge in [-0.15, -0.1) is 4.90 Å². The number of imide groups is 1. The summed E-state index contributed by atoms with van der Waals surface area (Å²) in [4.78, 5) is 52.4. The van der Waals surface area contributed by atoms with Gasteiger partial charge in [0.15, 0.2) is 11.5 Å². The first-order chi connectivity index (χ1) is 21.9. The molecule has 2 aromatic rings. The number of non-ortho nitro benzene ring substituents is 1. The molecule has 0 aliphatic carbocycles. The van der Waals surface area contributed by atoms with Crippen LogP contribution in [0.5, 0.6) is 11.5 Å². The van der Waals surface area contributed by atoms with E-state index in [4.69, 9.17) is 24.4 Å². The fraction of sp³-hybridized carbons (Fsp3) is 0.500. The van der Waals surface area contributed by atoms with Gasteiger partial charge in [-0.3, -0.25) is 20.3 Å². The summed E-state index contributed by atoms with van der Waals surface area (Å²) in [6.07, 6.45) is -1.12. The molecule has 3 amide bonds. The first kappa shape index (κ1) is 36.4. The Bertz CT molecular complexity index is 1460. The van der Waals surface area contributed by atoms with E-state index in [1.807, 2.05) is 0 Å². The molecule has 3 rings (SSSR count). The molecule has 15 nitrogen and oxygen atoms in total. The number of methoxy groups -OCH3 is 2. The average molecular weight is 657 g/mol. The van der Waals surface area contributed by atoms with Crippen LogP contribution in [0.1, 0.15) is 70.3 Å². The SMILES string of the molecule is COc1ccc(CNC(=O)c2cc([N+](=O)[O-])ccc2NC2CCN(C(=N)N(C(=O)OC(C)(C)C)C(=O)OC(C)(C)C)CC2)cc1OC. The minimum Gasteiger partial charge on any atom is -0.493 e. The van der Waals surface area contributed by atoms with Gasteiger partial charge in [-0.2, -0.15) is 0 Å². The molecule has 256 valence electrons. The highest BCUT2D eigenvalue weighted by atomic mass is 16.6. The molecular weight excluding hydrogens is 612 g/mol. The van der Waals surface area contributed by atoms with E-state index >= 15 is 0 Å². The highest BCUT2D eigenvalue weighted by Gasteiger charge is 2.37. The molecule has 0 atom stereocenters. The van der Waals surface area contributed by atoms with Gasteiger partial charge in [-0.05, 0) is 78.1 Å². The Kier molecular flexibility index (Phi) is 11.6. The summed E-state index contributed by atoms with van der Waals surface area (Å²) in [5, 5.41) is 26.4. The number of rotatable bonds is 8. The van der Waals surface area contributed by atoms with Crippen LogP contribution >= 0.6 is 0 Å². The lowest BCUT2D eigenvalue weighted by atomic mass is 10.0. The highest BCUT2D eigenvalue weighted by Crippen LogP contribution is 2.29. The van der Waals surface area contributed by atoms with Crippen LogP contribution in [0, 0.1) is 15.5 Å². The Labute approximate surface area is 274 Å². The molecule has 0 saturated carbocycles. The Morgan fingerprint density at radius 1 is 0.936 bits per heavy atom. The molecule has 1 aliphatic rings. The van der Waals surface area contributed by atoms with Gasteiger partial charge >= 0.3 is 12.2 Å². The number of carbonyl (C=O) groups is 3. The van der Waals surface area contributed by atoms with Crippen LogP contribution < -0.4 is 20.1 Å². The van der Waals surface area contributed by atoms with E-state index in [9.17, 15) is 24.5 Å². The van der Waals surface area contributed by atoms with Crippen LogP contribution in [-0.2, 0) is 16.0 Å². The summed E-state index contributed by atoms with van der Waals surface area (Å²) in [5.41, 5.74) is -0.832. The summed E-state index contributed by atoms with van der Waals surface area (Å²) < 4.78 is 21.4. The van der Waals surface area contributed by atoms with Crippen molar-refractivity contribution in [3.05, 3.63) is 57.6 Å². The second-order valence-electron chi connectivity index (χ2n) is 12.9. The molecule has 15 heteroatoms. The predicted molar refractivity (Wildman–Crippen MR) is 174 cm³/mol. The number of anilines is 1. The Hall–Kier alpha value is -5.08. The van der Waals surface area contributed by atoms with Crippen molar-refractivity contribution in [1.29, 1.82) is 5.41 Å². The summed E-state index contributed by atoms with van der Waals surface area (Å²) in [7, 11) is 3.03. The quantitative estimate of drug-likeness (QED) is 0.140. The zero-order valence-electron chi connectivity index (χ0n) is 28.1. The molecular formula is C32H44N6O9. The van der Waals surface area contributed by atoms with E-state index in [0.29, 0.717) is 34.9 Å². The van der Waals surface area contributed by atoms with Crippen LogP contribution in [0.3, 0.4) is 0 Å². The highest BCUT2D eigenvalue weighted by molar-refractivity contribution is 6.06. The lowest BCUT2D eigenvalue weighted by molar-refractivity contribution is -0.384. The van der Waals surface area contributed by atoms with E-state index in [1.54, 1.807) is 64.6 Å². The third kappa shape index (κ3) is 10.2. The van der Waals surface area contributed by atoms with Crippen molar-refractivity contribution in [2.75, 3.05) is 32.6 Å². The van der Waals surface area contributed by atoms with Gasteiger partial charge in [0, 0.05) is 43.5 Å². The number of nitro groups is 1. The van der Waals surface area contributed by atoms with Crippen LogP contribution in [0.25, 0.3) is 0 Å². The van der Waals surface area contributed by atoms with Crippen molar-refractivity contribution in [3.63, 3.8) is 0 Å². The number of nitrogens with one attached hydrogen (secondary N) is 3. The number of amides is 3. The Morgan fingerprint density at radius 2 is 1.51 bits per heavy atom. The van der Waals surface area contributed by atoms with Gasteiger partial charge in [0.05, 0.1) is 24.7 Å². The monoisotopic (exact) mass is 656 g/mol. The standard InChI is InChI=1S/C32H44N6O9/c1-31(2,3)46-29(40)37(30(41)47-32(4,5)6)28(33)36-15-13-21(14-16-36)35-24-11-10-22(38(42)43)18-23(24)27(39)34-19-20-9-12-25(44-7)26(17-20)45-8/h9-12,17-18,21,33,35H,13-16,19H2,1-8H3,(H,34,39). The molecule has 0 aromatic heterocycles. The fourth-order valence-electron chi connectivity index (χ4n) is 4.69. The molecule has 0 bridgehead atoms. The second kappa shape index (κ2) is 15.0. The first-order valence-electron chi connectivity index (χ1n) is 15.1. The average Bonchev–Trinajstić information content (AvgIpc) is 2.98. The molecule has 1 heterocycles. The molecule has 1 aliphatic heterocycles. The Morgan fingerprint density at radius 3 is 2.02 bits per heavy atom. The minimum absolute atomic E-state index is 0.0934. The molecule has 1 saturated heterocycles. The number of nitro benzene ring substituents is 1. The summed E-state index contributed by atoms with van der Waals surface area (Å²) in [5.74, 6) is 0.140. The van der Waals surface area contributed by atoms with Crippen molar-refractivity contribution in [1.82, 2.24) is 15.1 Å². The molecule has 0 unspecified atom stereocenters. The van der Waals surface area contributed by atoms with Gasteiger partial charge < -0.3 is 34.5 Å². The lowest BCUT2D eigenvalue weighted by Gasteiger charge is -2.37. The fourth-order valence-corrected chi connectivity index (χ4v) is 4.69. The van der Waals surface area contributed by atoms with E-state index < -0.39 is 34.2 Å². The van der Waals surface area contributed by atoms with Crippen molar-refractivity contribution < 1.29 is 38.3 Å². The van der Waals surface area contributed by atoms with Crippen LogP contribution in [0.2, 0.25) is 0 Å². The maximum atomic E-state index is 13.3. The van der Waals surface area contributed by atoms with Crippen LogP contribution in [0.4, 0.5) is 21.0 Å². The number of ether oxygens (including phenoxy) is 4. The number of guanidine groups is 1. The molecule has 0 radical (unpaired) electrons. The number of nitrogens with zero attached hydrogens (tertiary/aromatic N) is 3. The zero-order chi connectivity index (χ0) is 35.1. The molecule has 0 spiro atoms. The second-order valence-corrected chi connectivity index (χ2v) is 12.9. The lowest BCUT2D eigenvalue weighted by Crippen LogP contribution is -2.54. The number of hydrogen-bond donors (Lipinski definition) is 3. The first-order valence-corrected chi connectivity index (χ1v) is 15.1. The number of benzene rings is 2. The number of piperidine rings is 1. The molecule has 3 N–H and O–H groups in total. The van der Waals surface area contributed by atoms with Gasteiger partial charge in [0.25, 0.3) is 11.6 Å². The molecule has 2 aromatic carbocycles. The molecule has 1 fully saturated rings. The molecule has 47 heavy (non-hydrogen) atoms. The smallest absolute Gasteiger partial charge is 0.427 e. The largest absolute Gasteiger partial charge is 0.493 e. The topological polar surface area (TPSA) is 186 Å². The van der Waals surface area contributed by atoms with Crippen molar-refractivity contribution in [2.45, 2.75) is 78.2 Å². The summed E-state index contributed by atoms with van der Waals surface area (Å²) in [6.45, 7) is 10.6. The van der Waals surface area contributed by atoms with Crippen molar-refractivity contribution >= 4 is 35.4 Å².